The number of nitrogens with one attached hydrogen (secondary N) is 1. The summed E-state index contributed by atoms with van der Waals surface area (Å²) in [4.78, 5) is 11.4. The summed E-state index contributed by atoms with van der Waals surface area (Å²) < 4.78 is 29.7. The number of rotatable bonds is 2. The molecule has 0 radical (unpaired) electrons. The summed E-state index contributed by atoms with van der Waals surface area (Å²) in [5, 5.41) is 2.80. The maximum Gasteiger partial charge on any atom is 0.250 e. The summed E-state index contributed by atoms with van der Waals surface area (Å²) in [6.45, 7) is 2.15. The van der Waals surface area contributed by atoms with E-state index in [9.17, 15) is 9.18 Å². The molecule has 3 nitrogen and oxygen atoms in total. The van der Waals surface area contributed by atoms with E-state index in [1.165, 1.54) is 18.4 Å². The predicted molar refractivity (Wildman–Crippen MR) is 80.7 cm³/mol. The van der Waals surface area contributed by atoms with Gasteiger partial charge >= 0.3 is 0 Å². The summed E-state index contributed by atoms with van der Waals surface area (Å²) in [7, 11) is 0. The van der Waals surface area contributed by atoms with Gasteiger partial charge in [-0.1, -0.05) is 19.8 Å². The lowest BCUT2D eigenvalue weighted by Gasteiger charge is -2.40. The van der Waals surface area contributed by atoms with Gasteiger partial charge in [0.05, 0.1) is 5.57 Å². The van der Waals surface area contributed by atoms with Gasteiger partial charge in [-0.05, 0) is 37.0 Å². The summed E-state index contributed by atoms with van der Waals surface area (Å²) in [6, 6.07) is 0. The second-order valence-corrected chi connectivity index (χ2v) is 6.48. The SMILES string of the molecule is CC1CCC(C2(F)C=C(F)C=C3NC=C(C(N)=O)C=C32)CC1. The van der Waals surface area contributed by atoms with Crippen molar-refractivity contribution in [3.63, 3.8) is 0 Å². The van der Waals surface area contributed by atoms with Gasteiger partial charge in [-0.3, -0.25) is 4.79 Å². The van der Waals surface area contributed by atoms with E-state index in [4.69, 9.17) is 5.73 Å². The lowest BCUT2D eigenvalue weighted by atomic mass is 9.69. The Kier molecular flexibility index (Phi) is 3.67. The number of carbonyl (C=O) groups is 1. The fraction of sp³-hybridized carbons (Fsp3) is 0.471. The van der Waals surface area contributed by atoms with Crippen molar-refractivity contribution in [3.05, 3.63) is 47.1 Å². The molecule has 2 aliphatic carbocycles. The Labute approximate surface area is 128 Å². The number of nitrogens with two attached hydrogens (primary N) is 1. The number of dihydropyridines is 1. The standard InChI is InChI=1S/C17H20F2N2O/c1-10-2-4-12(5-3-10)17(19)8-13(18)7-15-14(17)6-11(9-21-15)16(20)22/h6-10,12,21H,2-5H2,1H3,(H2,20,22). The quantitative estimate of drug-likeness (QED) is 0.823. The number of halogens is 2. The lowest BCUT2D eigenvalue weighted by Crippen LogP contribution is -2.41. The van der Waals surface area contributed by atoms with Gasteiger partial charge in [0.1, 0.15) is 5.83 Å². The highest BCUT2D eigenvalue weighted by molar-refractivity contribution is 5.95. The number of hydrogen-bond donors (Lipinski definition) is 2. The van der Waals surface area contributed by atoms with Gasteiger partial charge < -0.3 is 11.1 Å². The van der Waals surface area contributed by atoms with Crippen molar-refractivity contribution < 1.29 is 13.6 Å². The van der Waals surface area contributed by atoms with E-state index < -0.39 is 17.4 Å². The number of alkyl halides is 1. The normalized spacial score (nSPS) is 34.5. The number of amides is 1. The fourth-order valence-electron chi connectivity index (χ4n) is 3.56. The largest absolute Gasteiger partial charge is 0.366 e. The zero-order chi connectivity index (χ0) is 15.9. The van der Waals surface area contributed by atoms with Crippen LogP contribution < -0.4 is 11.1 Å². The maximum atomic E-state index is 15.8. The van der Waals surface area contributed by atoms with Gasteiger partial charge in [0.15, 0.2) is 5.67 Å². The molecule has 22 heavy (non-hydrogen) atoms. The maximum absolute atomic E-state index is 15.8. The minimum absolute atomic E-state index is 0.203. The Hall–Kier alpha value is -1.91. The molecular formula is C17H20F2N2O. The van der Waals surface area contributed by atoms with Gasteiger partial charge in [-0.15, -0.1) is 0 Å². The highest BCUT2D eigenvalue weighted by Crippen LogP contribution is 2.47. The van der Waals surface area contributed by atoms with Gasteiger partial charge in [0.2, 0.25) is 5.91 Å². The molecule has 3 rings (SSSR count). The molecule has 1 saturated carbocycles. The molecule has 3 aliphatic rings. The van der Waals surface area contributed by atoms with Gasteiger partial charge in [-0.2, -0.15) is 0 Å². The molecule has 3 N–H and O–H groups in total. The smallest absolute Gasteiger partial charge is 0.250 e. The van der Waals surface area contributed by atoms with Crippen molar-refractivity contribution in [3.8, 4) is 0 Å². The van der Waals surface area contributed by atoms with Crippen LogP contribution >= 0.6 is 0 Å². The molecule has 0 saturated heterocycles. The summed E-state index contributed by atoms with van der Waals surface area (Å²) in [6.07, 6.45) is 8.43. The molecule has 0 aromatic heterocycles. The molecule has 1 aliphatic heterocycles. The van der Waals surface area contributed by atoms with Crippen LogP contribution in [0.15, 0.2) is 47.1 Å². The summed E-state index contributed by atoms with van der Waals surface area (Å²) in [5.74, 6) is -0.921. The topological polar surface area (TPSA) is 55.1 Å². The first-order chi connectivity index (χ1) is 10.4. The molecule has 1 heterocycles. The number of carbonyl (C=O) groups excluding carboxylic acids is 1. The van der Waals surface area contributed by atoms with Crippen molar-refractivity contribution in [1.29, 1.82) is 0 Å². The summed E-state index contributed by atoms with van der Waals surface area (Å²) >= 11 is 0. The number of primary amides is 1. The average Bonchev–Trinajstić information content (AvgIpc) is 2.47. The molecule has 1 atom stereocenters. The zero-order valence-corrected chi connectivity index (χ0v) is 12.5. The monoisotopic (exact) mass is 306 g/mol. The van der Waals surface area contributed by atoms with Gasteiger partial charge in [0.25, 0.3) is 0 Å². The molecule has 5 heteroatoms. The molecule has 1 fully saturated rings. The summed E-state index contributed by atoms with van der Waals surface area (Å²) in [5.41, 5.74) is 4.27. The Morgan fingerprint density at radius 1 is 1.32 bits per heavy atom. The molecule has 0 aromatic rings. The van der Waals surface area contributed by atoms with Crippen molar-refractivity contribution in [2.75, 3.05) is 0 Å². The minimum Gasteiger partial charge on any atom is -0.366 e. The molecular weight excluding hydrogens is 286 g/mol. The van der Waals surface area contributed by atoms with Gasteiger partial charge in [0, 0.05) is 23.4 Å². The highest BCUT2D eigenvalue weighted by Gasteiger charge is 2.46. The van der Waals surface area contributed by atoms with E-state index in [-0.39, 0.29) is 11.5 Å². The Bertz CT molecular complexity index is 625. The Balaban J connectivity index is 1.99. The highest BCUT2D eigenvalue weighted by atomic mass is 19.1. The molecule has 0 spiro atoms. The van der Waals surface area contributed by atoms with E-state index in [0.717, 1.165) is 18.9 Å². The first-order valence-electron chi connectivity index (χ1n) is 7.68. The minimum atomic E-state index is -1.89. The van der Waals surface area contributed by atoms with Crippen molar-refractivity contribution in [2.24, 2.45) is 17.6 Å². The molecule has 0 bridgehead atoms. The Morgan fingerprint density at radius 2 is 2.00 bits per heavy atom. The van der Waals surface area contributed by atoms with Crippen LogP contribution in [0.1, 0.15) is 32.6 Å². The van der Waals surface area contributed by atoms with Crippen molar-refractivity contribution in [1.82, 2.24) is 5.32 Å². The number of allylic oxidation sites excluding steroid dienone is 4. The first kappa shape index (κ1) is 15.0. The molecule has 0 aromatic carbocycles. The van der Waals surface area contributed by atoms with Crippen LogP contribution in [0.25, 0.3) is 0 Å². The second kappa shape index (κ2) is 5.38. The van der Waals surface area contributed by atoms with E-state index in [2.05, 4.69) is 12.2 Å². The van der Waals surface area contributed by atoms with Crippen LogP contribution in [0.5, 0.6) is 0 Å². The fourth-order valence-corrected chi connectivity index (χ4v) is 3.56. The third-order valence-corrected chi connectivity index (χ3v) is 4.91. The van der Waals surface area contributed by atoms with Crippen molar-refractivity contribution in [2.45, 2.75) is 38.3 Å². The third kappa shape index (κ3) is 2.49. The van der Waals surface area contributed by atoms with Crippen LogP contribution in [-0.2, 0) is 4.79 Å². The zero-order valence-electron chi connectivity index (χ0n) is 12.5. The molecule has 118 valence electrons. The van der Waals surface area contributed by atoms with Crippen LogP contribution in [0.3, 0.4) is 0 Å². The average molecular weight is 306 g/mol. The van der Waals surface area contributed by atoms with Crippen LogP contribution in [0.2, 0.25) is 0 Å². The third-order valence-electron chi connectivity index (χ3n) is 4.91. The number of hydrogen-bond acceptors (Lipinski definition) is 2. The molecule has 1 amide bonds. The van der Waals surface area contributed by atoms with E-state index in [1.54, 1.807) is 0 Å². The van der Waals surface area contributed by atoms with E-state index in [0.29, 0.717) is 30.0 Å². The van der Waals surface area contributed by atoms with Crippen LogP contribution in [0, 0.1) is 11.8 Å². The van der Waals surface area contributed by atoms with Crippen LogP contribution in [-0.4, -0.2) is 11.6 Å². The lowest BCUT2D eigenvalue weighted by molar-refractivity contribution is -0.114. The van der Waals surface area contributed by atoms with Gasteiger partial charge in [-0.25, -0.2) is 8.78 Å². The Morgan fingerprint density at radius 3 is 2.64 bits per heavy atom. The van der Waals surface area contributed by atoms with Crippen LogP contribution in [0.4, 0.5) is 8.78 Å². The van der Waals surface area contributed by atoms with E-state index >= 15 is 4.39 Å². The van der Waals surface area contributed by atoms with E-state index in [1.807, 2.05) is 0 Å². The molecule has 1 unspecified atom stereocenters. The second-order valence-electron chi connectivity index (χ2n) is 6.48. The van der Waals surface area contributed by atoms with Crippen molar-refractivity contribution >= 4 is 5.91 Å². The first-order valence-corrected chi connectivity index (χ1v) is 7.68. The number of fused-ring (bicyclic) bond motifs is 1. The predicted octanol–water partition coefficient (Wildman–Crippen LogP) is 3.17.